The minimum absolute atomic E-state index is 0.000698. The standard InChI is InChI=1S/C24H22F3N3O7/c25-24(26,27)19-4-2-1-3-17(19)20-7-13-5-6-14(8-18(13)21(33)29-20)30-10-16(37-23(30)35)12-36-22(34)28-9-15(32)11-31/h1-8,15-16,31-32H,9-12H2,(H,28,34)(H,29,33). The largest absolute Gasteiger partial charge is 0.446 e. The number of aliphatic hydroxyl groups excluding tert-OH is 2. The van der Waals surface area contributed by atoms with Gasteiger partial charge in [-0.1, -0.05) is 24.3 Å². The molecule has 1 aliphatic heterocycles. The summed E-state index contributed by atoms with van der Waals surface area (Å²) in [5.41, 5.74) is -1.38. The van der Waals surface area contributed by atoms with Crippen molar-refractivity contribution in [3.05, 3.63) is 64.4 Å². The van der Waals surface area contributed by atoms with E-state index in [9.17, 15) is 32.7 Å². The number of hydrogen-bond acceptors (Lipinski definition) is 7. The smallest absolute Gasteiger partial charge is 0.417 e. The zero-order valence-corrected chi connectivity index (χ0v) is 19.1. The van der Waals surface area contributed by atoms with Crippen LogP contribution in [0.2, 0.25) is 0 Å². The number of aromatic nitrogens is 1. The first-order valence-electron chi connectivity index (χ1n) is 11.1. The molecule has 1 saturated heterocycles. The number of halogens is 3. The van der Waals surface area contributed by atoms with Gasteiger partial charge in [-0.05, 0) is 29.7 Å². The molecular formula is C24H22F3N3O7. The van der Waals surface area contributed by atoms with Crippen LogP contribution in [0.25, 0.3) is 22.0 Å². The first kappa shape index (κ1) is 26.0. The molecule has 4 N–H and O–H groups in total. The van der Waals surface area contributed by atoms with Crippen molar-refractivity contribution in [3.8, 4) is 11.3 Å². The van der Waals surface area contributed by atoms with Gasteiger partial charge in [0.1, 0.15) is 6.61 Å². The SMILES string of the molecule is O=C(NCC(O)CO)OCC1CN(c2ccc3cc(-c4ccccc4C(F)(F)F)[nH]c(=O)c3c2)C(=O)O1. The van der Waals surface area contributed by atoms with Gasteiger partial charge in [-0.25, -0.2) is 9.59 Å². The molecule has 10 nitrogen and oxygen atoms in total. The average Bonchev–Trinajstić information content (AvgIpc) is 3.25. The Morgan fingerprint density at radius 3 is 2.70 bits per heavy atom. The minimum atomic E-state index is -4.61. The van der Waals surface area contributed by atoms with Gasteiger partial charge in [0.2, 0.25) is 0 Å². The number of carbonyl (C=O) groups is 2. The first-order chi connectivity index (χ1) is 17.6. The Balaban J connectivity index is 1.50. The molecule has 2 amide bonds. The van der Waals surface area contributed by atoms with E-state index >= 15 is 0 Å². The van der Waals surface area contributed by atoms with Gasteiger partial charge in [-0.3, -0.25) is 9.69 Å². The Hall–Kier alpha value is -4.10. The summed E-state index contributed by atoms with van der Waals surface area (Å²) >= 11 is 0. The molecule has 0 spiro atoms. The van der Waals surface area contributed by atoms with Crippen molar-refractivity contribution in [3.63, 3.8) is 0 Å². The van der Waals surface area contributed by atoms with E-state index in [1.165, 1.54) is 47.4 Å². The van der Waals surface area contributed by atoms with E-state index in [0.29, 0.717) is 11.1 Å². The molecule has 2 atom stereocenters. The number of hydrogen-bond donors (Lipinski definition) is 4. The van der Waals surface area contributed by atoms with E-state index in [0.717, 1.165) is 6.07 Å². The number of cyclic esters (lactones) is 1. The van der Waals surface area contributed by atoms with Crippen molar-refractivity contribution < 1.29 is 42.4 Å². The maximum absolute atomic E-state index is 13.4. The van der Waals surface area contributed by atoms with E-state index in [-0.39, 0.29) is 36.3 Å². The van der Waals surface area contributed by atoms with Crippen LogP contribution < -0.4 is 15.8 Å². The van der Waals surface area contributed by atoms with E-state index < -0.39 is 48.3 Å². The molecule has 1 aliphatic rings. The normalized spacial score (nSPS) is 16.5. The number of alkyl halides is 3. The fourth-order valence-corrected chi connectivity index (χ4v) is 3.83. The van der Waals surface area contributed by atoms with Gasteiger partial charge < -0.3 is 30.0 Å². The summed E-state index contributed by atoms with van der Waals surface area (Å²) in [7, 11) is 0. The molecule has 4 rings (SSSR count). The van der Waals surface area contributed by atoms with Crippen LogP contribution in [-0.2, 0) is 15.7 Å². The summed E-state index contributed by atoms with van der Waals surface area (Å²) in [6, 6.07) is 10.8. The highest BCUT2D eigenvalue weighted by Crippen LogP contribution is 2.36. The van der Waals surface area contributed by atoms with Gasteiger partial charge in [0.25, 0.3) is 5.56 Å². The number of rotatable bonds is 7. The lowest BCUT2D eigenvalue weighted by Gasteiger charge is -2.15. The number of amides is 2. The first-order valence-corrected chi connectivity index (χ1v) is 11.1. The van der Waals surface area contributed by atoms with Crippen LogP contribution in [0, 0.1) is 0 Å². The molecule has 1 fully saturated rings. The van der Waals surface area contributed by atoms with E-state index in [1.807, 2.05) is 0 Å². The highest BCUT2D eigenvalue weighted by atomic mass is 19.4. The fourth-order valence-electron chi connectivity index (χ4n) is 3.83. The lowest BCUT2D eigenvalue weighted by atomic mass is 10.0. The van der Waals surface area contributed by atoms with Crippen LogP contribution >= 0.6 is 0 Å². The summed E-state index contributed by atoms with van der Waals surface area (Å²) in [6.45, 7) is -1.03. The fraction of sp³-hybridized carbons (Fsp3) is 0.292. The molecule has 0 saturated carbocycles. The number of H-pyrrole nitrogens is 1. The number of anilines is 1. The number of nitrogens with zero attached hydrogens (tertiary/aromatic N) is 1. The maximum Gasteiger partial charge on any atom is 0.417 e. The molecule has 196 valence electrons. The number of alkyl carbamates (subject to hydrolysis) is 1. The number of aromatic amines is 1. The number of ether oxygens (including phenoxy) is 2. The van der Waals surface area contributed by atoms with Crippen LogP contribution in [0.4, 0.5) is 28.4 Å². The van der Waals surface area contributed by atoms with Gasteiger partial charge in [0.05, 0.1) is 24.8 Å². The molecule has 3 aromatic rings. The summed E-state index contributed by atoms with van der Waals surface area (Å²) in [5.74, 6) is 0. The monoisotopic (exact) mass is 521 g/mol. The van der Waals surface area contributed by atoms with Gasteiger partial charge >= 0.3 is 18.4 Å². The lowest BCUT2D eigenvalue weighted by Crippen LogP contribution is -2.36. The Morgan fingerprint density at radius 1 is 1.22 bits per heavy atom. The summed E-state index contributed by atoms with van der Waals surface area (Å²) in [5, 5.41) is 20.7. The van der Waals surface area contributed by atoms with Crippen LogP contribution in [0.15, 0.2) is 53.3 Å². The van der Waals surface area contributed by atoms with Crippen molar-refractivity contribution in [2.24, 2.45) is 0 Å². The van der Waals surface area contributed by atoms with Crippen LogP contribution in [-0.4, -0.2) is 65.9 Å². The van der Waals surface area contributed by atoms with Gasteiger partial charge in [0.15, 0.2) is 6.10 Å². The third-order valence-electron chi connectivity index (χ3n) is 5.63. The Bertz CT molecular complexity index is 1380. The third-order valence-corrected chi connectivity index (χ3v) is 5.63. The number of pyridine rings is 1. The summed E-state index contributed by atoms with van der Waals surface area (Å²) in [6.07, 6.45) is -8.17. The Kier molecular flexibility index (Phi) is 7.36. The zero-order chi connectivity index (χ0) is 26.7. The second-order valence-corrected chi connectivity index (χ2v) is 8.26. The van der Waals surface area contributed by atoms with Crippen molar-refractivity contribution >= 4 is 28.6 Å². The van der Waals surface area contributed by atoms with Crippen molar-refractivity contribution in [1.29, 1.82) is 0 Å². The zero-order valence-electron chi connectivity index (χ0n) is 19.1. The topological polar surface area (TPSA) is 141 Å². The number of carbonyl (C=O) groups excluding carboxylic acids is 2. The molecule has 0 bridgehead atoms. The Labute approximate surface area is 207 Å². The molecule has 13 heteroatoms. The molecule has 2 heterocycles. The quantitative estimate of drug-likeness (QED) is 0.375. The van der Waals surface area contributed by atoms with Crippen LogP contribution in [0.3, 0.4) is 0 Å². The van der Waals surface area contributed by atoms with E-state index in [4.69, 9.17) is 14.6 Å². The number of benzene rings is 2. The highest BCUT2D eigenvalue weighted by molar-refractivity contribution is 5.94. The van der Waals surface area contributed by atoms with Crippen molar-refractivity contribution in [2.75, 3.05) is 31.2 Å². The number of aliphatic hydroxyl groups is 2. The Morgan fingerprint density at radius 2 is 1.97 bits per heavy atom. The van der Waals surface area contributed by atoms with Crippen LogP contribution in [0.1, 0.15) is 5.56 Å². The lowest BCUT2D eigenvalue weighted by molar-refractivity contribution is -0.137. The second-order valence-electron chi connectivity index (χ2n) is 8.26. The highest BCUT2D eigenvalue weighted by Gasteiger charge is 2.35. The molecule has 2 aromatic carbocycles. The molecule has 1 aromatic heterocycles. The minimum Gasteiger partial charge on any atom is -0.446 e. The predicted molar refractivity (Wildman–Crippen MR) is 125 cm³/mol. The predicted octanol–water partition coefficient (Wildman–Crippen LogP) is 2.62. The number of nitrogens with one attached hydrogen (secondary N) is 2. The molecule has 37 heavy (non-hydrogen) atoms. The molecule has 2 unspecified atom stereocenters. The third kappa shape index (κ3) is 5.84. The molecular weight excluding hydrogens is 499 g/mol. The second kappa shape index (κ2) is 10.5. The van der Waals surface area contributed by atoms with Gasteiger partial charge in [0, 0.05) is 28.9 Å². The molecule has 0 radical (unpaired) electrons. The van der Waals surface area contributed by atoms with E-state index in [1.54, 1.807) is 0 Å². The van der Waals surface area contributed by atoms with E-state index in [2.05, 4.69) is 10.3 Å². The summed E-state index contributed by atoms with van der Waals surface area (Å²) in [4.78, 5) is 40.5. The average molecular weight is 521 g/mol. The van der Waals surface area contributed by atoms with Gasteiger partial charge in [-0.2, -0.15) is 13.2 Å². The van der Waals surface area contributed by atoms with Crippen LogP contribution in [0.5, 0.6) is 0 Å². The maximum atomic E-state index is 13.4. The van der Waals surface area contributed by atoms with Crippen molar-refractivity contribution in [1.82, 2.24) is 10.3 Å². The molecule has 0 aliphatic carbocycles. The van der Waals surface area contributed by atoms with Crippen molar-refractivity contribution in [2.45, 2.75) is 18.4 Å². The number of fused-ring (bicyclic) bond motifs is 1. The van der Waals surface area contributed by atoms with Gasteiger partial charge in [-0.15, -0.1) is 0 Å². The summed E-state index contributed by atoms with van der Waals surface area (Å²) < 4.78 is 50.4.